The van der Waals surface area contributed by atoms with Crippen LogP contribution >= 0.6 is 0 Å². The molecule has 1 aromatic rings. The summed E-state index contributed by atoms with van der Waals surface area (Å²) in [6.07, 6.45) is 9.14. The van der Waals surface area contributed by atoms with Crippen LogP contribution in [-0.2, 0) is 0 Å². The van der Waals surface area contributed by atoms with Crippen LogP contribution < -0.4 is 0 Å². The van der Waals surface area contributed by atoms with Crippen LogP contribution in [0, 0.1) is 0 Å². The number of rotatable bonds is 0. The van der Waals surface area contributed by atoms with Crippen LogP contribution in [0.2, 0.25) is 0 Å². The van der Waals surface area contributed by atoms with Gasteiger partial charge in [-0.15, -0.1) is 0 Å². The minimum Gasteiger partial charge on any atom is -0.234 e. The molecule has 0 nitrogen and oxygen atoms in total. The van der Waals surface area contributed by atoms with Gasteiger partial charge in [-0.05, 0) is 35.4 Å². The molecule has 0 radical (unpaired) electrons. The third-order valence-corrected chi connectivity index (χ3v) is 4.30. The molecular weight excluding hydrogens is 230 g/mol. The summed E-state index contributed by atoms with van der Waals surface area (Å²) in [6, 6.07) is 7.59. The predicted octanol–water partition coefficient (Wildman–Crippen LogP) is 3.98. The molecule has 6 aliphatic carbocycles. The van der Waals surface area contributed by atoms with E-state index in [-0.39, 0.29) is 11.8 Å². The molecule has 0 N–H and O–H groups in total. The zero-order valence-electron chi connectivity index (χ0n) is 9.68. The van der Waals surface area contributed by atoms with Crippen LogP contribution in [0.4, 0.5) is 8.78 Å². The minimum absolute atomic E-state index is 0.345. The second kappa shape index (κ2) is 3.00. The number of hydrogen-bond acceptors (Lipinski definition) is 0. The maximum absolute atomic E-state index is 14.9. The number of hydrogen-bond donors (Lipinski definition) is 0. The van der Waals surface area contributed by atoms with Gasteiger partial charge in [0, 0.05) is 11.8 Å². The van der Waals surface area contributed by atoms with E-state index in [1.165, 1.54) is 24.3 Å². The molecule has 0 spiro atoms. The summed E-state index contributed by atoms with van der Waals surface area (Å²) in [7, 11) is 0. The normalized spacial score (nSPS) is 42.8. The van der Waals surface area contributed by atoms with E-state index in [9.17, 15) is 8.78 Å². The Morgan fingerprint density at radius 2 is 1.11 bits per heavy atom. The molecule has 0 unspecified atom stereocenters. The Morgan fingerprint density at radius 1 is 0.722 bits per heavy atom. The maximum atomic E-state index is 14.9. The van der Waals surface area contributed by atoms with Crippen molar-refractivity contribution in [1.29, 1.82) is 0 Å². The fraction of sp³-hybridized carbons (Fsp3) is 0.250. The van der Waals surface area contributed by atoms with E-state index in [1.807, 2.05) is 36.4 Å². The van der Waals surface area contributed by atoms with Gasteiger partial charge in [-0.2, -0.15) is 0 Å². The van der Waals surface area contributed by atoms with Crippen molar-refractivity contribution in [2.45, 2.75) is 23.2 Å². The Labute approximate surface area is 104 Å². The SMILES string of the molecule is FC12C=CC(F)(C=C1)[C@H]1C=C[C@@H]2c2ccccc21. The highest BCUT2D eigenvalue weighted by Gasteiger charge is 2.49. The van der Waals surface area contributed by atoms with Crippen molar-refractivity contribution in [2.24, 2.45) is 0 Å². The second-order valence-corrected chi connectivity index (χ2v) is 5.29. The van der Waals surface area contributed by atoms with Crippen LogP contribution in [0.1, 0.15) is 23.0 Å². The molecule has 18 heavy (non-hydrogen) atoms. The summed E-state index contributed by atoms with van der Waals surface area (Å²) < 4.78 is 29.9. The van der Waals surface area contributed by atoms with Gasteiger partial charge in [0.1, 0.15) is 0 Å². The third-order valence-electron chi connectivity index (χ3n) is 4.30. The van der Waals surface area contributed by atoms with Crippen LogP contribution in [0.5, 0.6) is 0 Å². The van der Waals surface area contributed by atoms with Crippen molar-refractivity contribution in [3.05, 3.63) is 71.8 Å². The van der Waals surface area contributed by atoms with Crippen LogP contribution in [0.15, 0.2) is 60.7 Å². The summed E-state index contributed by atoms with van der Waals surface area (Å²) >= 11 is 0. The fourth-order valence-corrected chi connectivity index (χ4v) is 3.32. The number of halogens is 2. The first-order chi connectivity index (χ1) is 8.62. The topological polar surface area (TPSA) is 0 Å². The number of benzene rings is 1. The van der Waals surface area contributed by atoms with Gasteiger partial charge in [-0.3, -0.25) is 0 Å². The first-order valence-electron chi connectivity index (χ1n) is 6.18. The Balaban J connectivity index is 2.07. The minimum atomic E-state index is -1.60. The van der Waals surface area contributed by atoms with Crippen molar-refractivity contribution in [3.8, 4) is 0 Å². The largest absolute Gasteiger partial charge is 0.234 e. The molecule has 90 valence electrons. The first kappa shape index (κ1) is 10.2. The van der Waals surface area contributed by atoms with Gasteiger partial charge in [0.2, 0.25) is 0 Å². The predicted molar refractivity (Wildman–Crippen MR) is 67.0 cm³/mol. The molecule has 7 rings (SSSR count). The van der Waals surface area contributed by atoms with Crippen molar-refractivity contribution in [3.63, 3.8) is 0 Å². The van der Waals surface area contributed by atoms with Gasteiger partial charge in [-0.1, -0.05) is 36.4 Å². The van der Waals surface area contributed by atoms with Gasteiger partial charge in [-0.25, -0.2) is 8.78 Å². The summed E-state index contributed by atoms with van der Waals surface area (Å²) in [6.45, 7) is 0. The molecule has 0 aliphatic heterocycles. The molecule has 2 atom stereocenters. The maximum Gasteiger partial charge on any atom is 0.157 e. The molecule has 6 aliphatic rings. The van der Waals surface area contributed by atoms with Gasteiger partial charge in [0.25, 0.3) is 0 Å². The molecule has 1 aromatic carbocycles. The first-order valence-corrected chi connectivity index (χ1v) is 6.18. The van der Waals surface area contributed by atoms with E-state index in [2.05, 4.69) is 0 Å². The van der Waals surface area contributed by atoms with Gasteiger partial charge in [0.05, 0.1) is 0 Å². The third kappa shape index (κ3) is 1.08. The summed E-state index contributed by atoms with van der Waals surface area (Å²) in [5.41, 5.74) is -1.40. The van der Waals surface area contributed by atoms with Gasteiger partial charge >= 0.3 is 0 Å². The zero-order valence-corrected chi connectivity index (χ0v) is 9.68. The lowest BCUT2D eigenvalue weighted by atomic mass is 9.64. The van der Waals surface area contributed by atoms with Crippen molar-refractivity contribution in [2.75, 3.05) is 0 Å². The van der Waals surface area contributed by atoms with Gasteiger partial charge in [0.15, 0.2) is 11.3 Å². The fourth-order valence-electron chi connectivity index (χ4n) is 3.32. The highest BCUT2D eigenvalue weighted by atomic mass is 19.1. The number of alkyl halides is 2. The van der Waals surface area contributed by atoms with Gasteiger partial charge < -0.3 is 0 Å². The Hall–Kier alpha value is -1.70. The average Bonchev–Trinajstić information content (AvgIpc) is 2.40. The van der Waals surface area contributed by atoms with E-state index in [1.54, 1.807) is 0 Å². The number of allylic oxidation sites excluding steroid dienone is 6. The molecule has 0 saturated heterocycles. The van der Waals surface area contributed by atoms with Crippen molar-refractivity contribution in [1.82, 2.24) is 0 Å². The Bertz CT molecular complexity index is 544. The zero-order chi connectivity index (χ0) is 12.4. The highest BCUT2D eigenvalue weighted by molar-refractivity contribution is 5.54. The monoisotopic (exact) mass is 242 g/mol. The van der Waals surface area contributed by atoms with E-state index in [0.29, 0.717) is 0 Å². The molecular formula is C16H12F2. The van der Waals surface area contributed by atoms with Crippen molar-refractivity contribution < 1.29 is 8.78 Å². The molecule has 0 heterocycles. The van der Waals surface area contributed by atoms with Crippen molar-refractivity contribution >= 4 is 0 Å². The molecule has 0 amide bonds. The Kier molecular flexibility index (Phi) is 1.71. The van der Waals surface area contributed by atoms with Crippen LogP contribution in [0.25, 0.3) is 0 Å². The molecule has 0 aromatic heterocycles. The summed E-state index contributed by atoms with van der Waals surface area (Å²) in [5, 5.41) is 0. The average molecular weight is 242 g/mol. The summed E-state index contributed by atoms with van der Waals surface area (Å²) in [5.74, 6) is -0.690. The smallest absolute Gasteiger partial charge is 0.157 e. The molecule has 0 saturated carbocycles. The van der Waals surface area contributed by atoms with E-state index >= 15 is 0 Å². The summed E-state index contributed by atoms with van der Waals surface area (Å²) in [4.78, 5) is 0. The lowest BCUT2D eigenvalue weighted by molar-refractivity contribution is 0.207. The quantitative estimate of drug-likeness (QED) is 0.604. The van der Waals surface area contributed by atoms with Crippen LogP contribution in [0.3, 0.4) is 0 Å². The van der Waals surface area contributed by atoms with Crippen LogP contribution in [-0.4, -0.2) is 11.3 Å². The van der Waals surface area contributed by atoms with E-state index < -0.39 is 11.3 Å². The van der Waals surface area contributed by atoms with E-state index in [0.717, 1.165) is 11.1 Å². The molecule has 4 bridgehead atoms. The Morgan fingerprint density at radius 3 is 1.50 bits per heavy atom. The lowest BCUT2D eigenvalue weighted by Gasteiger charge is -2.43. The second-order valence-electron chi connectivity index (χ2n) is 5.29. The highest BCUT2D eigenvalue weighted by Crippen LogP contribution is 2.53. The molecule has 2 heteroatoms. The lowest BCUT2D eigenvalue weighted by Crippen LogP contribution is -2.41. The molecule has 0 fully saturated rings. The van der Waals surface area contributed by atoms with E-state index in [4.69, 9.17) is 0 Å². The standard InChI is InChI=1S/C16H12F2/c17-15-7-9-16(18,10-8-15)14-6-5-13(15)11-3-1-2-4-12(11)14/h1-10,13-14H/t13-,14+,15?,16?.